The van der Waals surface area contributed by atoms with Crippen LogP contribution in [-0.4, -0.2) is 0 Å². The highest BCUT2D eigenvalue weighted by molar-refractivity contribution is 6.03. The molecule has 8 aromatic carbocycles. The van der Waals surface area contributed by atoms with Crippen LogP contribution in [-0.2, 0) is 10.8 Å². The Bertz CT molecular complexity index is 2750. The smallest absolute Gasteiger partial charge is 0.0546 e. The molecular formula is C54H43N. The predicted molar refractivity (Wildman–Crippen MR) is 233 cm³/mol. The third-order valence-electron chi connectivity index (χ3n) is 12.3. The number of fused-ring (bicyclic) bond motifs is 6. The summed E-state index contributed by atoms with van der Waals surface area (Å²) in [5, 5.41) is 0. The molecule has 2 aliphatic rings. The summed E-state index contributed by atoms with van der Waals surface area (Å²) in [5.41, 5.74) is 21.1. The fourth-order valence-electron chi connectivity index (χ4n) is 9.69. The SMILES string of the molecule is CC1(C)c2ccccc2-c2c(N(c3cccc(-c4ccccc4)c3-c3cccc(-c4ccccc4)c3)c3cccc4c3C(C)(C)c3ccccc3-4)cccc21. The highest BCUT2D eigenvalue weighted by Crippen LogP contribution is 2.59. The van der Waals surface area contributed by atoms with Gasteiger partial charge in [-0.25, -0.2) is 0 Å². The number of hydrogen-bond acceptors (Lipinski definition) is 1. The standard InChI is InChI=1S/C54H43N/c1-53(2)45-30-14-12-26-43(45)51-46(53)31-18-33-48(51)55(49-34-17-28-42-41-25-11-13-29-44(41)54(3,4)52(42)49)47-32-16-27-40(37-21-9-6-10-22-37)50(47)39-24-15-23-38(35-39)36-19-7-5-8-20-36/h5-35H,1-4H3. The molecule has 0 fully saturated rings. The van der Waals surface area contributed by atoms with E-state index < -0.39 is 0 Å². The lowest BCUT2D eigenvalue weighted by molar-refractivity contribution is 0.659. The van der Waals surface area contributed by atoms with Crippen molar-refractivity contribution in [2.24, 2.45) is 0 Å². The molecule has 0 spiro atoms. The van der Waals surface area contributed by atoms with Crippen molar-refractivity contribution in [2.75, 3.05) is 4.90 Å². The summed E-state index contributed by atoms with van der Waals surface area (Å²) in [6, 6.07) is 69.6. The Morgan fingerprint density at radius 1 is 0.309 bits per heavy atom. The maximum Gasteiger partial charge on any atom is 0.0546 e. The van der Waals surface area contributed by atoms with Gasteiger partial charge in [-0.05, 0) is 91.0 Å². The van der Waals surface area contributed by atoms with Gasteiger partial charge in [-0.3, -0.25) is 0 Å². The topological polar surface area (TPSA) is 3.24 Å². The van der Waals surface area contributed by atoms with E-state index in [1.165, 1.54) is 89.3 Å². The van der Waals surface area contributed by atoms with E-state index in [9.17, 15) is 0 Å². The molecule has 10 rings (SSSR count). The molecule has 0 atom stereocenters. The van der Waals surface area contributed by atoms with Gasteiger partial charge in [0.2, 0.25) is 0 Å². The second-order valence-corrected chi connectivity index (χ2v) is 16.1. The van der Waals surface area contributed by atoms with Crippen molar-refractivity contribution in [3.05, 3.63) is 210 Å². The Morgan fingerprint density at radius 3 is 1.51 bits per heavy atom. The molecule has 0 radical (unpaired) electrons. The first kappa shape index (κ1) is 33.2. The van der Waals surface area contributed by atoms with Gasteiger partial charge in [0.25, 0.3) is 0 Å². The fraction of sp³-hybridized carbons (Fsp3) is 0.111. The summed E-state index contributed by atoms with van der Waals surface area (Å²) < 4.78 is 0. The predicted octanol–water partition coefficient (Wildman–Crippen LogP) is 14.8. The van der Waals surface area contributed by atoms with Gasteiger partial charge >= 0.3 is 0 Å². The van der Waals surface area contributed by atoms with E-state index in [-0.39, 0.29) is 10.8 Å². The van der Waals surface area contributed by atoms with Gasteiger partial charge in [0, 0.05) is 22.0 Å². The van der Waals surface area contributed by atoms with Gasteiger partial charge in [-0.15, -0.1) is 0 Å². The minimum Gasteiger partial charge on any atom is -0.309 e. The first-order valence-electron chi connectivity index (χ1n) is 19.5. The maximum absolute atomic E-state index is 2.61. The number of rotatable bonds is 6. The zero-order valence-corrected chi connectivity index (χ0v) is 31.8. The zero-order valence-electron chi connectivity index (χ0n) is 31.8. The van der Waals surface area contributed by atoms with E-state index in [4.69, 9.17) is 0 Å². The average molecular weight is 706 g/mol. The first-order valence-corrected chi connectivity index (χ1v) is 19.5. The Balaban J connectivity index is 1.33. The average Bonchev–Trinajstić information content (AvgIpc) is 3.62. The van der Waals surface area contributed by atoms with Crippen LogP contribution in [0.5, 0.6) is 0 Å². The minimum absolute atomic E-state index is 0.138. The Labute approximate surface area is 325 Å². The van der Waals surface area contributed by atoms with E-state index in [1.807, 2.05) is 0 Å². The molecule has 55 heavy (non-hydrogen) atoms. The Kier molecular flexibility index (Phi) is 7.58. The van der Waals surface area contributed by atoms with Crippen LogP contribution in [0.25, 0.3) is 55.6 Å². The molecule has 0 unspecified atom stereocenters. The van der Waals surface area contributed by atoms with E-state index in [2.05, 4.69) is 221 Å². The number of anilines is 3. The second-order valence-electron chi connectivity index (χ2n) is 16.1. The normalized spacial score (nSPS) is 14.1. The summed E-state index contributed by atoms with van der Waals surface area (Å²) in [5.74, 6) is 0. The molecule has 2 aliphatic carbocycles. The quantitative estimate of drug-likeness (QED) is 0.166. The fourth-order valence-corrected chi connectivity index (χ4v) is 9.69. The first-order chi connectivity index (χ1) is 26.8. The summed E-state index contributed by atoms with van der Waals surface area (Å²) in [6.45, 7) is 9.56. The lowest BCUT2D eigenvalue weighted by atomic mass is 9.80. The van der Waals surface area contributed by atoms with Crippen molar-refractivity contribution in [3.63, 3.8) is 0 Å². The molecule has 8 aromatic rings. The van der Waals surface area contributed by atoms with Crippen molar-refractivity contribution >= 4 is 17.1 Å². The van der Waals surface area contributed by atoms with E-state index in [0.717, 1.165) is 5.69 Å². The van der Waals surface area contributed by atoms with Crippen LogP contribution >= 0.6 is 0 Å². The largest absolute Gasteiger partial charge is 0.309 e. The molecule has 0 saturated heterocycles. The molecule has 0 aliphatic heterocycles. The maximum atomic E-state index is 2.61. The molecule has 264 valence electrons. The zero-order chi connectivity index (χ0) is 37.3. The van der Waals surface area contributed by atoms with Crippen molar-refractivity contribution in [1.82, 2.24) is 0 Å². The lowest BCUT2D eigenvalue weighted by Crippen LogP contribution is -2.22. The number of benzene rings is 8. The monoisotopic (exact) mass is 705 g/mol. The van der Waals surface area contributed by atoms with Crippen LogP contribution in [0, 0.1) is 0 Å². The number of hydrogen-bond donors (Lipinski definition) is 0. The van der Waals surface area contributed by atoms with Crippen LogP contribution in [0.2, 0.25) is 0 Å². The van der Waals surface area contributed by atoms with Crippen LogP contribution in [0.3, 0.4) is 0 Å². The molecular weight excluding hydrogens is 663 g/mol. The van der Waals surface area contributed by atoms with E-state index in [0.29, 0.717) is 0 Å². The van der Waals surface area contributed by atoms with Crippen molar-refractivity contribution < 1.29 is 0 Å². The molecule has 0 bridgehead atoms. The molecule has 1 nitrogen and oxygen atoms in total. The molecule has 0 aromatic heterocycles. The highest BCUT2D eigenvalue weighted by Gasteiger charge is 2.42. The minimum atomic E-state index is -0.222. The van der Waals surface area contributed by atoms with Crippen LogP contribution in [0.15, 0.2) is 188 Å². The van der Waals surface area contributed by atoms with Gasteiger partial charge in [0.05, 0.1) is 17.1 Å². The van der Waals surface area contributed by atoms with Crippen molar-refractivity contribution in [1.29, 1.82) is 0 Å². The van der Waals surface area contributed by atoms with Crippen molar-refractivity contribution in [2.45, 2.75) is 38.5 Å². The summed E-state index contributed by atoms with van der Waals surface area (Å²) in [7, 11) is 0. The molecule has 0 heterocycles. The molecule has 0 saturated carbocycles. The van der Waals surface area contributed by atoms with Crippen molar-refractivity contribution in [3.8, 4) is 55.6 Å². The van der Waals surface area contributed by atoms with Gasteiger partial charge < -0.3 is 4.90 Å². The van der Waals surface area contributed by atoms with Crippen LogP contribution < -0.4 is 4.90 Å². The number of nitrogens with zero attached hydrogens (tertiary/aromatic N) is 1. The summed E-state index contributed by atoms with van der Waals surface area (Å²) in [4.78, 5) is 2.61. The third-order valence-corrected chi connectivity index (χ3v) is 12.3. The van der Waals surface area contributed by atoms with Gasteiger partial charge in [0.15, 0.2) is 0 Å². The Hall–Kier alpha value is -6.44. The summed E-state index contributed by atoms with van der Waals surface area (Å²) in [6.07, 6.45) is 0. The van der Waals surface area contributed by atoms with Crippen LogP contribution in [0.4, 0.5) is 17.1 Å². The summed E-state index contributed by atoms with van der Waals surface area (Å²) >= 11 is 0. The van der Waals surface area contributed by atoms with E-state index in [1.54, 1.807) is 0 Å². The van der Waals surface area contributed by atoms with Crippen LogP contribution in [0.1, 0.15) is 49.9 Å². The van der Waals surface area contributed by atoms with E-state index >= 15 is 0 Å². The second kappa shape index (κ2) is 12.6. The van der Waals surface area contributed by atoms with Gasteiger partial charge in [-0.2, -0.15) is 0 Å². The highest BCUT2D eigenvalue weighted by atomic mass is 15.2. The lowest BCUT2D eigenvalue weighted by Gasteiger charge is -2.35. The molecule has 1 heteroatoms. The van der Waals surface area contributed by atoms with Gasteiger partial charge in [-0.1, -0.05) is 191 Å². The third kappa shape index (κ3) is 5.07. The molecule has 0 N–H and O–H groups in total. The van der Waals surface area contributed by atoms with Gasteiger partial charge in [0.1, 0.15) is 0 Å². The molecule has 0 amide bonds. The Morgan fingerprint density at radius 2 is 0.782 bits per heavy atom.